The van der Waals surface area contributed by atoms with Crippen molar-refractivity contribution in [2.24, 2.45) is 0 Å². The van der Waals surface area contributed by atoms with Gasteiger partial charge in [-0.2, -0.15) is 9.98 Å². The van der Waals surface area contributed by atoms with Crippen molar-refractivity contribution in [2.75, 3.05) is 5.75 Å². The fraction of sp³-hybridized carbons (Fsp3) is 0.600. The van der Waals surface area contributed by atoms with Crippen LogP contribution in [-0.2, 0) is 16.4 Å². The van der Waals surface area contributed by atoms with Crippen LogP contribution in [0, 0.1) is 11.3 Å². The molecule has 0 saturated heterocycles. The lowest BCUT2D eigenvalue weighted by molar-refractivity contribution is 0.422. The van der Waals surface area contributed by atoms with E-state index in [0.717, 1.165) is 31.4 Å². The molecule has 1 aliphatic carbocycles. The number of hydrogen-bond acceptors (Lipinski definition) is 4. The van der Waals surface area contributed by atoms with Crippen molar-refractivity contribution in [3.05, 3.63) is 30.1 Å². The van der Waals surface area contributed by atoms with Crippen LogP contribution in [0.3, 0.4) is 0 Å². The summed E-state index contributed by atoms with van der Waals surface area (Å²) in [4.78, 5) is 4.12. The Hall–Kier alpha value is -1.45. The van der Waals surface area contributed by atoms with E-state index in [4.69, 9.17) is 0 Å². The van der Waals surface area contributed by atoms with Gasteiger partial charge in [0.1, 0.15) is 5.54 Å². The minimum absolute atomic E-state index is 0.0343. The summed E-state index contributed by atoms with van der Waals surface area (Å²) in [5, 5.41) is 9.43. The molecule has 1 aliphatic rings. The smallest absolute Gasteiger partial charge is 0.213 e. The molecule has 1 N–H and O–H groups in total. The van der Waals surface area contributed by atoms with Crippen LogP contribution < -0.4 is 4.72 Å². The van der Waals surface area contributed by atoms with E-state index < -0.39 is 15.6 Å². The van der Waals surface area contributed by atoms with Gasteiger partial charge >= 0.3 is 0 Å². The van der Waals surface area contributed by atoms with E-state index in [-0.39, 0.29) is 5.75 Å². The first kappa shape index (κ1) is 15.9. The van der Waals surface area contributed by atoms with Gasteiger partial charge in [-0.1, -0.05) is 31.7 Å². The number of rotatable bonds is 5. The predicted octanol–water partition coefficient (Wildman–Crippen LogP) is 2.16. The lowest BCUT2D eigenvalue weighted by Gasteiger charge is -2.25. The van der Waals surface area contributed by atoms with Gasteiger partial charge in [0.15, 0.2) is 0 Å². The third-order valence-corrected chi connectivity index (χ3v) is 5.32. The quantitative estimate of drug-likeness (QED) is 0.845. The number of nitriles is 1. The van der Waals surface area contributed by atoms with Gasteiger partial charge in [0.25, 0.3) is 0 Å². The van der Waals surface area contributed by atoms with Gasteiger partial charge in [-0.05, 0) is 25.0 Å². The first-order valence-corrected chi connectivity index (χ1v) is 9.03. The van der Waals surface area contributed by atoms with Crippen LogP contribution in [-0.4, -0.2) is 24.7 Å². The Balaban J connectivity index is 2.00. The number of aryl methyl sites for hydroxylation is 1. The van der Waals surface area contributed by atoms with Crippen LogP contribution in [0.1, 0.15) is 44.2 Å². The molecule has 1 heterocycles. The zero-order valence-corrected chi connectivity index (χ0v) is 12.9. The summed E-state index contributed by atoms with van der Waals surface area (Å²) in [6.45, 7) is 0. The molecule has 5 nitrogen and oxygen atoms in total. The van der Waals surface area contributed by atoms with Crippen LogP contribution >= 0.6 is 0 Å². The van der Waals surface area contributed by atoms with Crippen LogP contribution in [0.2, 0.25) is 0 Å². The molecule has 0 amide bonds. The largest absolute Gasteiger partial charge is 0.261 e. The fourth-order valence-electron chi connectivity index (χ4n) is 2.70. The summed E-state index contributed by atoms with van der Waals surface area (Å²) in [6, 6.07) is 7.65. The molecule has 0 atom stereocenters. The highest BCUT2D eigenvalue weighted by atomic mass is 32.2. The van der Waals surface area contributed by atoms with Crippen molar-refractivity contribution in [3.8, 4) is 6.07 Å². The molecule has 0 bridgehead atoms. The van der Waals surface area contributed by atoms with E-state index in [9.17, 15) is 13.7 Å². The topological polar surface area (TPSA) is 82.9 Å². The lowest BCUT2D eigenvalue weighted by Crippen LogP contribution is -2.48. The third kappa shape index (κ3) is 4.80. The van der Waals surface area contributed by atoms with Gasteiger partial charge in [0.2, 0.25) is 10.0 Å². The van der Waals surface area contributed by atoms with Gasteiger partial charge in [0, 0.05) is 18.3 Å². The first-order valence-electron chi connectivity index (χ1n) is 7.38. The maximum Gasteiger partial charge on any atom is 0.213 e. The number of aromatic nitrogens is 1. The van der Waals surface area contributed by atoms with E-state index in [2.05, 4.69) is 15.8 Å². The Morgan fingerprint density at radius 3 is 2.52 bits per heavy atom. The van der Waals surface area contributed by atoms with Gasteiger partial charge < -0.3 is 0 Å². The van der Waals surface area contributed by atoms with Gasteiger partial charge in [0.05, 0.1) is 11.8 Å². The molecule has 0 unspecified atom stereocenters. The van der Waals surface area contributed by atoms with Gasteiger partial charge in [-0.15, -0.1) is 0 Å². The van der Waals surface area contributed by atoms with E-state index in [1.807, 2.05) is 6.07 Å². The summed E-state index contributed by atoms with van der Waals surface area (Å²) in [5.74, 6) is -0.0343. The number of hydrogen-bond donors (Lipinski definition) is 1. The van der Waals surface area contributed by atoms with Crippen molar-refractivity contribution in [3.63, 3.8) is 0 Å². The Morgan fingerprint density at radius 2 is 1.95 bits per heavy atom. The summed E-state index contributed by atoms with van der Waals surface area (Å²) in [5.41, 5.74) is -0.172. The fourth-order valence-corrected chi connectivity index (χ4v) is 4.13. The molecule has 0 spiro atoms. The predicted molar refractivity (Wildman–Crippen MR) is 80.9 cm³/mol. The average Bonchev–Trinajstić information content (AvgIpc) is 2.72. The molecular formula is C15H21N3O2S. The van der Waals surface area contributed by atoms with E-state index in [1.165, 1.54) is 0 Å². The molecule has 2 rings (SSSR count). The third-order valence-electron chi connectivity index (χ3n) is 3.88. The molecule has 21 heavy (non-hydrogen) atoms. The molecule has 1 saturated carbocycles. The standard InChI is InChI=1S/C15H21N3O2S/c16-13-15(9-4-1-2-5-10-15)18-21(19,20)12-8-14-7-3-6-11-17-14/h3,6-7,11,18H,1-2,4-5,8-10,12H2. The second kappa shape index (κ2) is 7.01. The van der Waals surface area contributed by atoms with Crippen LogP contribution in [0.5, 0.6) is 0 Å². The van der Waals surface area contributed by atoms with Crippen molar-refractivity contribution >= 4 is 10.0 Å². The van der Waals surface area contributed by atoms with Crippen LogP contribution in [0.4, 0.5) is 0 Å². The Labute approximate surface area is 126 Å². The zero-order valence-electron chi connectivity index (χ0n) is 12.1. The summed E-state index contributed by atoms with van der Waals surface area (Å²) < 4.78 is 27.2. The monoisotopic (exact) mass is 307 g/mol. The first-order chi connectivity index (χ1) is 10.1. The molecule has 114 valence electrons. The minimum Gasteiger partial charge on any atom is -0.261 e. The maximum atomic E-state index is 12.3. The van der Waals surface area contributed by atoms with Gasteiger partial charge in [-0.25, -0.2) is 8.42 Å². The highest BCUT2D eigenvalue weighted by molar-refractivity contribution is 7.89. The van der Waals surface area contributed by atoms with Crippen molar-refractivity contribution in [1.29, 1.82) is 5.26 Å². The molecule has 1 fully saturated rings. The second-order valence-corrected chi connectivity index (χ2v) is 7.44. The van der Waals surface area contributed by atoms with Crippen molar-refractivity contribution in [1.82, 2.24) is 9.71 Å². The molecule has 1 aromatic heterocycles. The molecule has 0 aliphatic heterocycles. The normalized spacial score (nSPS) is 18.6. The molecule has 6 heteroatoms. The van der Waals surface area contributed by atoms with E-state index in [1.54, 1.807) is 18.3 Å². The van der Waals surface area contributed by atoms with E-state index >= 15 is 0 Å². The molecular weight excluding hydrogens is 286 g/mol. The van der Waals surface area contributed by atoms with Gasteiger partial charge in [-0.3, -0.25) is 4.98 Å². The number of nitrogens with one attached hydrogen (secondary N) is 1. The van der Waals surface area contributed by atoms with Crippen molar-refractivity contribution < 1.29 is 8.42 Å². The van der Waals surface area contributed by atoms with Crippen molar-refractivity contribution in [2.45, 2.75) is 50.5 Å². The SMILES string of the molecule is N#CC1(NS(=O)(=O)CCc2ccccn2)CCCCCC1. The summed E-state index contributed by atoms with van der Waals surface area (Å²) >= 11 is 0. The highest BCUT2D eigenvalue weighted by Crippen LogP contribution is 2.27. The maximum absolute atomic E-state index is 12.3. The molecule has 1 aromatic rings. The number of sulfonamides is 1. The van der Waals surface area contributed by atoms with Crippen LogP contribution in [0.25, 0.3) is 0 Å². The summed E-state index contributed by atoms with van der Waals surface area (Å²) in [7, 11) is -3.48. The minimum atomic E-state index is -3.48. The highest BCUT2D eigenvalue weighted by Gasteiger charge is 2.34. The zero-order chi connectivity index (χ0) is 15.2. The Morgan fingerprint density at radius 1 is 1.24 bits per heavy atom. The van der Waals surface area contributed by atoms with E-state index in [0.29, 0.717) is 19.3 Å². The Kier molecular flexibility index (Phi) is 5.32. The second-order valence-electron chi connectivity index (χ2n) is 5.60. The lowest BCUT2D eigenvalue weighted by atomic mass is 9.94. The number of nitrogens with zero attached hydrogens (tertiary/aromatic N) is 2. The molecule has 0 aromatic carbocycles. The average molecular weight is 307 g/mol. The summed E-state index contributed by atoms with van der Waals surface area (Å²) in [6.07, 6.45) is 7.15. The van der Waals surface area contributed by atoms with Crippen LogP contribution in [0.15, 0.2) is 24.4 Å². The number of pyridine rings is 1. The molecule has 0 radical (unpaired) electrons. The Bertz CT molecular complexity index is 585.